The van der Waals surface area contributed by atoms with Crippen LogP contribution in [0.15, 0.2) is 42.6 Å². The van der Waals surface area contributed by atoms with Gasteiger partial charge in [0.1, 0.15) is 29.4 Å². The molecule has 4 aliphatic heterocycles. The molecule has 0 radical (unpaired) electrons. The molecule has 0 aliphatic carbocycles. The molecule has 9 heteroatoms. The summed E-state index contributed by atoms with van der Waals surface area (Å²) < 4.78 is 22.9. The Kier molecular flexibility index (Phi) is 5.60. The first-order chi connectivity index (χ1) is 19.6. The first kappa shape index (κ1) is 24.3. The lowest BCUT2D eigenvalue weighted by Crippen LogP contribution is -2.51. The molecule has 4 aliphatic rings. The molecule has 4 fully saturated rings. The number of hydrogen-bond acceptors (Lipinski definition) is 8. The van der Waals surface area contributed by atoms with Crippen molar-refractivity contribution in [3.63, 3.8) is 0 Å². The number of pyridine rings is 1. The zero-order chi connectivity index (χ0) is 26.8. The summed E-state index contributed by atoms with van der Waals surface area (Å²) in [7, 11) is 0. The van der Waals surface area contributed by atoms with E-state index in [2.05, 4.69) is 25.1 Å². The van der Waals surface area contributed by atoms with E-state index in [1.807, 2.05) is 18.2 Å². The SMILES string of the molecule is Oc1cccc2cccc(-c3ncc4c(N5CC6CCC(C5)N6)nc(OCC56CCCN5CCC6)nc4c3F)c12. The third-order valence-corrected chi connectivity index (χ3v) is 9.58. The van der Waals surface area contributed by atoms with Crippen molar-refractivity contribution in [2.24, 2.45) is 0 Å². The van der Waals surface area contributed by atoms with Gasteiger partial charge in [-0.15, -0.1) is 0 Å². The van der Waals surface area contributed by atoms with Gasteiger partial charge in [0.05, 0.1) is 10.9 Å². The van der Waals surface area contributed by atoms with Gasteiger partial charge >= 0.3 is 6.01 Å². The van der Waals surface area contributed by atoms with Crippen molar-refractivity contribution in [2.45, 2.75) is 56.1 Å². The Morgan fingerprint density at radius 2 is 1.77 bits per heavy atom. The van der Waals surface area contributed by atoms with Crippen LogP contribution >= 0.6 is 0 Å². The van der Waals surface area contributed by atoms with Crippen LogP contribution in [0.2, 0.25) is 0 Å². The predicted octanol–water partition coefficient (Wildman–Crippen LogP) is 4.64. The highest BCUT2D eigenvalue weighted by atomic mass is 19.1. The summed E-state index contributed by atoms with van der Waals surface area (Å²) in [4.78, 5) is 19.0. The maximum atomic E-state index is 16.5. The van der Waals surface area contributed by atoms with Crippen molar-refractivity contribution in [3.8, 4) is 23.0 Å². The summed E-state index contributed by atoms with van der Waals surface area (Å²) in [6.45, 7) is 4.35. The summed E-state index contributed by atoms with van der Waals surface area (Å²) in [6.07, 6.45) is 8.53. The zero-order valence-electron chi connectivity index (χ0n) is 22.4. The molecule has 0 saturated carbocycles. The molecule has 2 N–H and O–H groups in total. The van der Waals surface area contributed by atoms with Crippen LogP contribution < -0.4 is 15.0 Å². The number of benzene rings is 2. The van der Waals surface area contributed by atoms with Crippen molar-refractivity contribution in [2.75, 3.05) is 37.7 Å². The van der Waals surface area contributed by atoms with E-state index in [1.165, 1.54) is 12.8 Å². The molecule has 2 atom stereocenters. The predicted molar refractivity (Wildman–Crippen MR) is 152 cm³/mol. The van der Waals surface area contributed by atoms with Crippen LogP contribution in [0.3, 0.4) is 0 Å². The number of nitrogens with zero attached hydrogens (tertiary/aromatic N) is 5. The zero-order valence-corrected chi connectivity index (χ0v) is 22.4. The number of piperazine rings is 1. The number of ether oxygens (including phenoxy) is 1. The first-order valence-electron chi connectivity index (χ1n) is 14.5. The number of aromatic hydroxyl groups is 1. The maximum absolute atomic E-state index is 16.5. The molecular formula is C31H33FN6O2. The number of aromatic nitrogens is 3. The number of nitrogens with one attached hydrogen (secondary N) is 1. The van der Waals surface area contributed by atoms with Crippen LogP contribution in [-0.4, -0.2) is 75.4 Å². The van der Waals surface area contributed by atoms with E-state index in [9.17, 15) is 5.11 Å². The van der Waals surface area contributed by atoms with Crippen molar-refractivity contribution in [3.05, 3.63) is 48.4 Å². The molecule has 0 spiro atoms. The number of phenols is 1. The third-order valence-electron chi connectivity index (χ3n) is 9.58. The van der Waals surface area contributed by atoms with Crippen LogP contribution in [0.25, 0.3) is 32.9 Å². The molecule has 4 aromatic rings. The first-order valence-corrected chi connectivity index (χ1v) is 14.5. The molecule has 40 heavy (non-hydrogen) atoms. The molecule has 2 bridgehead atoms. The van der Waals surface area contributed by atoms with Gasteiger partial charge in [0.15, 0.2) is 5.82 Å². The molecule has 6 heterocycles. The standard InChI is InChI=1S/C31H33FN6O2/c32-26-27(22-7-1-5-19-6-2-8-24(39)25(19)22)33-15-23-28(26)35-30(40-18-31-11-3-13-38(31)14-4-12-31)36-29(23)37-16-20-9-10-21(17-37)34-20/h1-2,5-8,15,20-21,34,39H,3-4,9-14,16-18H2. The topological polar surface area (TPSA) is 86.6 Å². The van der Waals surface area contributed by atoms with Gasteiger partial charge in [0, 0.05) is 42.3 Å². The Labute approximate surface area is 232 Å². The van der Waals surface area contributed by atoms with Gasteiger partial charge in [-0.2, -0.15) is 9.97 Å². The van der Waals surface area contributed by atoms with E-state index >= 15 is 4.39 Å². The maximum Gasteiger partial charge on any atom is 0.319 e. The number of phenolic OH excluding ortho intramolecular Hbond substituents is 1. The minimum absolute atomic E-state index is 0.0368. The molecule has 206 valence electrons. The van der Waals surface area contributed by atoms with Gasteiger partial charge in [-0.25, -0.2) is 4.39 Å². The van der Waals surface area contributed by atoms with Crippen molar-refractivity contribution < 1.29 is 14.2 Å². The van der Waals surface area contributed by atoms with Gasteiger partial charge in [-0.1, -0.05) is 30.3 Å². The molecule has 8 nitrogen and oxygen atoms in total. The average molecular weight is 541 g/mol. The van der Waals surface area contributed by atoms with Crippen LogP contribution in [0, 0.1) is 5.82 Å². The number of fused-ring (bicyclic) bond motifs is 5. The number of anilines is 1. The van der Waals surface area contributed by atoms with E-state index in [4.69, 9.17) is 9.72 Å². The van der Waals surface area contributed by atoms with Crippen molar-refractivity contribution >= 4 is 27.5 Å². The van der Waals surface area contributed by atoms with E-state index in [0.29, 0.717) is 40.8 Å². The van der Waals surface area contributed by atoms with Gasteiger partial charge in [0.25, 0.3) is 0 Å². The van der Waals surface area contributed by atoms with Crippen molar-refractivity contribution in [1.82, 2.24) is 25.2 Å². The normalized spacial score (nSPS) is 23.8. The Bertz CT molecular complexity index is 1600. The smallest absolute Gasteiger partial charge is 0.319 e. The van der Waals surface area contributed by atoms with Crippen LogP contribution in [0.1, 0.15) is 38.5 Å². The highest BCUT2D eigenvalue weighted by Crippen LogP contribution is 2.41. The summed E-state index contributed by atoms with van der Waals surface area (Å²) in [6, 6.07) is 11.9. The van der Waals surface area contributed by atoms with Crippen LogP contribution in [0.5, 0.6) is 11.8 Å². The minimum Gasteiger partial charge on any atom is -0.507 e. The lowest BCUT2D eigenvalue weighted by Gasteiger charge is -2.34. The van der Waals surface area contributed by atoms with E-state index < -0.39 is 5.82 Å². The average Bonchev–Trinajstić information content (AvgIpc) is 3.65. The summed E-state index contributed by atoms with van der Waals surface area (Å²) in [5, 5.41) is 16.3. The van der Waals surface area contributed by atoms with Crippen LogP contribution in [-0.2, 0) is 0 Å². The second-order valence-corrected chi connectivity index (χ2v) is 11.9. The Balaban J connectivity index is 1.25. The summed E-state index contributed by atoms with van der Waals surface area (Å²) in [5.74, 6) is 0.251. The molecule has 0 amide bonds. The quantitative estimate of drug-likeness (QED) is 0.379. The van der Waals surface area contributed by atoms with E-state index in [0.717, 1.165) is 57.2 Å². The molecular weight excluding hydrogens is 507 g/mol. The number of hydrogen-bond donors (Lipinski definition) is 2. The second-order valence-electron chi connectivity index (χ2n) is 11.9. The minimum atomic E-state index is -0.526. The Hall–Kier alpha value is -3.56. The summed E-state index contributed by atoms with van der Waals surface area (Å²) >= 11 is 0. The highest BCUT2D eigenvalue weighted by Gasteiger charge is 2.45. The van der Waals surface area contributed by atoms with Crippen LogP contribution in [0.4, 0.5) is 10.2 Å². The van der Waals surface area contributed by atoms with Gasteiger partial charge in [-0.05, 0) is 63.1 Å². The highest BCUT2D eigenvalue weighted by molar-refractivity contribution is 6.02. The largest absolute Gasteiger partial charge is 0.507 e. The fraction of sp³-hybridized carbons (Fsp3) is 0.452. The molecule has 2 unspecified atom stereocenters. The lowest BCUT2D eigenvalue weighted by atomic mass is 9.95. The molecule has 2 aromatic heterocycles. The van der Waals surface area contributed by atoms with E-state index in [1.54, 1.807) is 24.4 Å². The fourth-order valence-corrected chi connectivity index (χ4v) is 7.66. The van der Waals surface area contributed by atoms with Gasteiger partial charge in [-0.3, -0.25) is 9.88 Å². The Morgan fingerprint density at radius 1 is 1.02 bits per heavy atom. The third kappa shape index (κ3) is 3.82. The second kappa shape index (κ2) is 9.24. The van der Waals surface area contributed by atoms with Crippen molar-refractivity contribution in [1.29, 1.82) is 0 Å². The molecule has 8 rings (SSSR count). The molecule has 4 saturated heterocycles. The molecule has 2 aromatic carbocycles. The van der Waals surface area contributed by atoms with Gasteiger partial charge < -0.3 is 20.1 Å². The monoisotopic (exact) mass is 540 g/mol. The fourth-order valence-electron chi connectivity index (χ4n) is 7.66. The number of halogens is 1. The summed E-state index contributed by atoms with van der Waals surface area (Å²) in [5.41, 5.74) is 0.932. The Morgan fingerprint density at radius 3 is 2.55 bits per heavy atom. The lowest BCUT2D eigenvalue weighted by molar-refractivity contribution is 0.108. The van der Waals surface area contributed by atoms with Gasteiger partial charge in [0.2, 0.25) is 0 Å². The van der Waals surface area contributed by atoms with E-state index in [-0.39, 0.29) is 28.5 Å². The number of rotatable bonds is 5.